The molecule has 0 bridgehead atoms. The van der Waals surface area contributed by atoms with Crippen molar-refractivity contribution in [1.29, 1.82) is 0 Å². The number of hydrogen-bond acceptors (Lipinski definition) is 5. The smallest absolute Gasteiger partial charge is 0.231 e. The monoisotopic (exact) mass is 440 g/mol. The summed E-state index contributed by atoms with van der Waals surface area (Å²) in [5.74, 6) is 2.97. The van der Waals surface area contributed by atoms with Crippen LogP contribution in [0.2, 0.25) is 0 Å². The highest BCUT2D eigenvalue weighted by Crippen LogP contribution is 2.43. The Morgan fingerprint density at radius 2 is 2.06 bits per heavy atom. The summed E-state index contributed by atoms with van der Waals surface area (Å²) in [5.41, 5.74) is 3.77. The zero-order chi connectivity index (χ0) is 22.0. The number of H-pyrrole nitrogens is 1. The molecule has 0 fully saturated rings. The van der Waals surface area contributed by atoms with Crippen molar-refractivity contribution in [1.82, 2.24) is 19.9 Å². The van der Waals surface area contributed by atoms with Gasteiger partial charge >= 0.3 is 0 Å². The number of fused-ring (bicyclic) bond motifs is 2. The number of rotatable bonds is 6. The molecule has 3 atom stereocenters. The molecule has 3 unspecified atom stereocenters. The molecule has 6 heteroatoms. The van der Waals surface area contributed by atoms with Crippen LogP contribution in [0.5, 0.6) is 11.5 Å². The first-order chi connectivity index (χ1) is 16.4. The molecule has 6 nitrogen and oxygen atoms in total. The van der Waals surface area contributed by atoms with Crippen molar-refractivity contribution in [3.8, 4) is 11.5 Å². The van der Waals surface area contributed by atoms with Crippen molar-refractivity contribution in [2.45, 2.75) is 44.3 Å². The van der Waals surface area contributed by atoms with E-state index in [1.54, 1.807) is 0 Å². The van der Waals surface area contributed by atoms with Crippen LogP contribution in [0.15, 0.2) is 73.2 Å². The highest BCUT2D eigenvalue weighted by molar-refractivity contribution is 5.44. The molecule has 1 N–H and O–H groups in total. The second-order valence-corrected chi connectivity index (χ2v) is 8.95. The van der Waals surface area contributed by atoms with Gasteiger partial charge in [-0.3, -0.25) is 9.88 Å². The molecule has 33 heavy (non-hydrogen) atoms. The van der Waals surface area contributed by atoms with Crippen LogP contribution in [0, 0.1) is 5.92 Å². The molecule has 168 valence electrons. The summed E-state index contributed by atoms with van der Waals surface area (Å²) in [6.07, 6.45) is 18.9. The third-order valence-corrected chi connectivity index (χ3v) is 6.94. The van der Waals surface area contributed by atoms with E-state index in [1.807, 2.05) is 24.7 Å². The van der Waals surface area contributed by atoms with Crippen molar-refractivity contribution in [3.05, 3.63) is 95.9 Å². The van der Waals surface area contributed by atoms with E-state index < -0.39 is 0 Å². The van der Waals surface area contributed by atoms with E-state index >= 15 is 0 Å². The van der Waals surface area contributed by atoms with Gasteiger partial charge < -0.3 is 14.5 Å². The predicted molar refractivity (Wildman–Crippen MR) is 126 cm³/mol. The lowest BCUT2D eigenvalue weighted by molar-refractivity contribution is 0.0759. The number of aromatic nitrogens is 3. The number of benzene rings is 1. The van der Waals surface area contributed by atoms with Crippen LogP contribution in [0.3, 0.4) is 0 Å². The maximum Gasteiger partial charge on any atom is 0.231 e. The average Bonchev–Trinajstić information content (AvgIpc) is 3.56. The number of aryl methyl sites for hydroxylation is 1. The number of nitrogens with one attached hydrogen (secondary N) is 1. The summed E-state index contributed by atoms with van der Waals surface area (Å²) in [6, 6.07) is 10.9. The second-order valence-electron chi connectivity index (χ2n) is 8.95. The molecule has 6 rings (SSSR count). The lowest BCUT2D eigenvalue weighted by atomic mass is 9.85. The summed E-state index contributed by atoms with van der Waals surface area (Å²) in [5, 5.41) is 0. The quantitative estimate of drug-likeness (QED) is 0.565. The van der Waals surface area contributed by atoms with Crippen molar-refractivity contribution >= 4 is 0 Å². The van der Waals surface area contributed by atoms with Gasteiger partial charge in [0.15, 0.2) is 11.5 Å². The van der Waals surface area contributed by atoms with Crippen LogP contribution in [0.1, 0.15) is 54.0 Å². The minimum Gasteiger partial charge on any atom is -0.454 e. The van der Waals surface area contributed by atoms with Crippen LogP contribution >= 0.6 is 0 Å². The first kappa shape index (κ1) is 20.2. The largest absolute Gasteiger partial charge is 0.454 e. The Morgan fingerprint density at radius 3 is 2.94 bits per heavy atom. The number of aromatic amines is 1. The van der Waals surface area contributed by atoms with Gasteiger partial charge in [0.25, 0.3) is 0 Å². The number of imidazole rings is 1. The van der Waals surface area contributed by atoms with Crippen molar-refractivity contribution in [3.63, 3.8) is 0 Å². The third kappa shape index (κ3) is 3.95. The molecular formula is C27H28N4O2. The van der Waals surface area contributed by atoms with Crippen LogP contribution in [0.4, 0.5) is 0 Å². The Hall–Kier alpha value is -3.38. The second kappa shape index (κ2) is 8.87. The lowest BCUT2D eigenvalue weighted by Gasteiger charge is -2.42. The van der Waals surface area contributed by atoms with Crippen molar-refractivity contribution in [2.75, 3.05) is 6.79 Å². The topological polar surface area (TPSA) is 63.3 Å². The van der Waals surface area contributed by atoms with E-state index in [0.29, 0.717) is 5.92 Å². The van der Waals surface area contributed by atoms with Crippen LogP contribution in [0.25, 0.3) is 0 Å². The zero-order valence-electron chi connectivity index (χ0n) is 18.6. The molecule has 0 spiro atoms. The fraction of sp³-hybridized carbons (Fsp3) is 0.333. The van der Waals surface area contributed by atoms with Gasteiger partial charge in [-0.2, -0.15) is 0 Å². The first-order valence-corrected chi connectivity index (χ1v) is 11.8. The molecule has 0 radical (unpaired) electrons. The van der Waals surface area contributed by atoms with Gasteiger partial charge in [-0.25, -0.2) is 4.98 Å². The van der Waals surface area contributed by atoms with Gasteiger partial charge in [0, 0.05) is 31.1 Å². The number of nitrogens with zero attached hydrogens (tertiary/aromatic N) is 3. The van der Waals surface area contributed by atoms with E-state index in [1.165, 1.54) is 16.8 Å². The number of ether oxygens (including phenoxy) is 2. The van der Waals surface area contributed by atoms with E-state index in [9.17, 15) is 0 Å². The Kier molecular flexibility index (Phi) is 5.44. The third-order valence-electron chi connectivity index (χ3n) is 6.94. The maximum absolute atomic E-state index is 5.68. The Bertz CT molecular complexity index is 1170. The van der Waals surface area contributed by atoms with Crippen LogP contribution in [-0.4, -0.2) is 26.6 Å². The Labute approximate surface area is 194 Å². The van der Waals surface area contributed by atoms with E-state index in [2.05, 4.69) is 58.5 Å². The van der Waals surface area contributed by atoms with Crippen LogP contribution < -0.4 is 9.47 Å². The molecule has 3 heterocycles. The molecule has 3 aliphatic rings. The molecule has 0 saturated carbocycles. The fourth-order valence-electron chi connectivity index (χ4n) is 5.44. The van der Waals surface area contributed by atoms with Gasteiger partial charge in [-0.05, 0) is 55.0 Å². The summed E-state index contributed by atoms with van der Waals surface area (Å²) in [6.45, 7) is 1.06. The first-order valence-electron chi connectivity index (χ1n) is 11.8. The summed E-state index contributed by atoms with van der Waals surface area (Å²) in [7, 11) is 0. The van der Waals surface area contributed by atoms with Gasteiger partial charge in [-0.1, -0.05) is 36.4 Å². The van der Waals surface area contributed by atoms with E-state index in [0.717, 1.165) is 49.6 Å². The highest BCUT2D eigenvalue weighted by Gasteiger charge is 2.37. The summed E-state index contributed by atoms with van der Waals surface area (Å²) < 4.78 is 11.2. The highest BCUT2D eigenvalue weighted by atomic mass is 16.7. The molecule has 1 aliphatic heterocycles. The normalized spacial score (nSPS) is 21.8. The SMILES string of the molecule is C1=CCC(C(c2ncc[nH]2)N(Cc2ccc3c(c2)OCO3)C2CCCc3cccnc32)C=C1. The van der Waals surface area contributed by atoms with Gasteiger partial charge in [-0.15, -0.1) is 0 Å². The molecule has 2 aliphatic carbocycles. The molecule has 2 aromatic heterocycles. The molecule has 3 aromatic rings. The van der Waals surface area contributed by atoms with Gasteiger partial charge in [0.1, 0.15) is 5.82 Å². The number of allylic oxidation sites excluding steroid dienone is 3. The lowest BCUT2D eigenvalue weighted by Crippen LogP contribution is -2.38. The fourth-order valence-corrected chi connectivity index (χ4v) is 5.44. The Balaban J connectivity index is 1.44. The standard InChI is InChI=1S/C27H28N4O2/c1-2-6-21(7-3-1)26(27-29-14-15-30-27)31(17-19-11-12-23-24(16-19)33-18-32-23)22-10-4-8-20-9-5-13-28-25(20)22/h1-3,5-6,9,11-16,21-22,26H,4,7-8,10,17-18H2,(H,29,30). The number of pyridine rings is 1. The minimum absolute atomic E-state index is 0.101. The van der Waals surface area contributed by atoms with E-state index in [4.69, 9.17) is 19.4 Å². The number of hydrogen-bond donors (Lipinski definition) is 1. The minimum atomic E-state index is 0.101. The predicted octanol–water partition coefficient (Wildman–Crippen LogP) is 5.29. The zero-order valence-corrected chi connectivity index (χ0v) is 18.6. The molecule has 1 aromatic carbocycles. The molecular weight excluding hydrogens is 412 g/mol. The van der Waals surface area contributed by atoms with Gasteiger partial charge in [0.05, 0.1) is 17.8 Å². The Morgan fingerprint density at radius 1 is 1.09 bits per heavy atom. The van der Waals surface area contributed by atoms with Crippen LogP contribution in [-0.2, 0) is 13.0 Å². The summed E-state index contributed by atoms with van der Waals surface area (Å²) in [4.78, 5) is 15.7. The maximum atomic E-state index is 5.68. The van der Waals surface area contributed by atoms with Crippen molar-refractivity contribution in [2.24, 2.45) is 5.92 Å². The average molecular weight is 441 g/mol. The van der Waals surface area contributed by atoms with Crippen molar-refractivity contribution < 1.29 is 9.47 Å². The summed E-state index contributed by atoms with van der Waals surface area (Å²) >= 11 is 0. The van der Waals surface area contributed by atoms with Gasteiger partial charge in [0.2, 0.25) is 6.79 Å². The van der Waals surface area contributed by atoms with E-state index in [-0.39, 0.29) is 18.9 Å². The molecule has 0 amide bonds. The molecule has 0 saturated heterocycles.